The fraction of sp³-hybridized carbons (Fsp3) is 0.667. The molecule has 118 valence electrons. The van der Waals surface area contributed by atoms with E-state index in [1.165, 1.54) is 30.6 Å². The van der Waals surface area contributed by atoms with Crippen molar-refractivity contribution in [3.8, 4) is 5.75 Å². The van der Waals surface area contributed by atoms with Crippen molar-refractivity contribution >= 4 is 11.8 Å². The van der Waals surface area contributed by atoms with Gasteiger partial charge in [0.25, 0.3) is 0 Å². The number of ether oxygens (including phenoxy) is 1. The molecule has 1 heterocycles. The molecule has 2 nitrogen and oxygen atoms in total. The molecule has 0 saturated carbocycles. The van der Waals surface area contributed by atoms with Gasteiger partial charge in [0.2, 0.25) is 0 Å². The molecule has 0 aromatic heterocycles. The van der Waals surface area contributed by atoms with Crippen molar-refractivity contribution in [2.75, 3.05) is 12.3 Å². The predicted molar refractivity (Wildman–Crippen MR) is 93.3 cm³/mol. The van der Waals surface area contributed by atoms with Crippen LogP contribution in [0.15, 0.2) is 24.3 Å². The molecule has 21 heavy (non-hydrogen) atoms. The molecule has 1 aromatic rings. The molecule has 2 rings (SSSR count). The lowest BCUT2D eigenvalue weighted by atomic mass is 9.90. The van der Waals surface area contributed by atoms with Crippen LogP contribution in [-0.4, -0.2) is 23.1 Å². The zero-order chi connectivity index (χ0) is 15.3. The third-order valence-electron chi connectivity index (χ3n) is 4.04. The third kappa shape index (κ3) is 4.40. The lowest BCUT2D eigenvalue weighted by Crippen LogP contribution is -2.38. The van der Waals surface area contributed by atoms with Crippen LogP contribution in [0.25, 0.3) is 0 Å². The van der Waals surface area contributed by atoms with Crippen molar-refractivity contribution in [2.45, 2.75) is 63.9 Å². The molecule has 1 aromatic carbocycles. The Balaban J connectivity index is 2.16. The Morgan fingerprint density at radius 2 is 2.00 bits per heavy atom. The van der Waals surface area contributed by atoms with Crippen LogP contribution in [0.3, 0.4) is 0 Å². The quantitative estimate of drug-likeness (QED) is 0.782. The van der Waals surface area contributed by atoms with Crippen molar-refractivity contribution in [1.29, 1.82) is 0 Å². The topological polar surface area (TPSA) is 21.3 Å². The van der Waals surface area contributed by atoms with Crippen molar-refractivity contribution in [3.05, 3.63) is 29.8 Å². The first-order chi connectivity index (χ1) is 10.0. The Morgan fingerprint density at radius 1 is 1.29 bits per heavy atom. The highest BCUT2D eigenvalue weighted by molar-refractivity contribution is 8.00. The number of hydrogen-bond acceptors (Lipinski definition) is 3. The summed E-state index contributed by atoms with van der Waals surface area (Å²) in [5.74, 6) is 2.25. The molecule has 1 aliphatic rings. The summed E-state index contributed by atoms with van der Waals surface area (Å²) in [6.45, 7) is 9.85. The van der Waals surface area contributed by atoms with E-state index in [0.717, 1.165) is 12.3 Å². The number of nitrogens with one attached hydrogen (secondary N) is 1. The molecule has 0 spiro atoms. The van der Waals surface area contributed by atoms with Gasteiger partial charge in [0.15, 0.2) is 0 Å². The summed E-state index contributed by atoms with van der Waals surface area (Å²) in [6, 6.07) is 9.11. The molecular weight excluding hydrogens is 278 g/mol. The van der Waals surface area contributed by atoms with Gasteiger partial charge in [-0.05, 0) is 70.0 Å². The Kier molecular flexibility index (Phi) is 6.00. The summed E-state index contributed by atoms with van der Waals surface area (Å²) in [5, 5.41) is 3.77. The van der Waals surface area contributed by atoms with Crippen molar-refractivity contribution in [2.24, 2.45) is 0 Å². The summed E-state index contributed by atoms with van der Waals surface area (Å²) in [7, 11) is 0. The minimum atomic E-state index is 0.229. The first-order valence-electron chi connectivity index (χ1n) is 8.19. The molecule has 1 saturated heterocycles. The minimum Gasteiger partial charge on any atom is -0.491 e. The van der Waals surface area contributed by atoms with Crippen LogP contribution in [0.4, 0.5) is 0 Å². The maximum Gasteiger partial charge on any atom is 0.119 e. The van der Waals surface area contributed by atoms with Crippen molar-refractivity contribution in [1.82, 2.24) is 5.32 Å². The van der Waals surface area contributed by atoms with Crippen LogP contribution in [0.1, 0.15) is 58.6 Å². The first kappa shape index (κ1) is 16.7. The second kappa shape index (κ2) is 7.55. The van der Waals surface area contributed by atoms with Gasteiger partial charge >= 0.3 is 0 Å². The Hall–Kier alpha value is -0.670. The largest absolute Gasteiger partial charge is 0.491 e. The summed E-state index contributed by atoms with van der Waals surface area (Å²) in [6.07, 6.45) is 4.03. The second-order valence-corrected chi connectivity index (χ2v) is 8.02. The average molecular weight is 308 g/mol. The first-order valence-corrected chi connectivity index (χ1v) is 9.17. The number of hydrogen-bond donors (Lipinski definition) is 1. The highest BCUT2D eigenvalue weighted by Gasteiger charge is 2.38. The summed E-state index contributed by atoms with van der Waals surface area (Å²) >= 11 is 2.12. The molecule has 1 fully saturated rings. The van der Waals surface area contributed by atoms with E-state index in [4.69, 9.17) is 4.74 Å². The summed E-state index contributed by atoms with van der Waals surface area (Å²) in [5.41, 5.74) is 1.39. The fourth-order valence-corrected chi connectivity index (χ4v) is 4.44. The van der Waals surface area contributed by atoms with E-state index < -0.39 is 0 Å². The fourth-order valence-electron chi connectivity index (χ4n) is 3.01. The molecule has 1 N–H and O–H groups in total. The molecule has 0 amide bonds. The van der Waals surface area contributed by atoms with Crippen LogP contribution in [-0.2, 0) is 0 Å². The Bertz CT molecular complexity index is 423. The van der Waals surface area contributed by atoms with Crippen LogP contribution < -0.4 is 10.1 Å². The number of thioether (sulfide) groups is 1. The predicted octanol–water partition coefficient (Wildman–Crippen LogP) is 4.80. The van der Waals surface area contributed by atoms with E-state index in [1.54, 1.807) is 0 Å². The minimum absolute atomic E-state index is 0.229. The SMILES string of the molecule is CCCNC(c1ccc(OC(C)C)cc1)C1(C)CCCS1. The van der Waals surface area contributed by atoms with Crippen LogP contribution in [0.2, 0.25) is 0 Å². The normalized spacial score (nSPS) is 23.5. The van der Waals surface area contributed by atoms with Gasteiger partial charge in [-0.2, -0.15) is 11.8 Å². The van der Waals surface area contributed by atoms with Crippen molar-refractivity contribution in [3.63, 3.8) is 0 Å². The molecule has 3 heteroatoms. The van der Waals surface area contributed by atoms with Crippen molar-refractivity contribution < 1.29 is 4.74 Å². The Labute approximate surface area is 134 Å². The van der Waals surface area contributed by atoms with E-state index in [0.29, 0.717) is 10.8 Å². The van der Waals surface area contributed by atoms with E-state index in [2.05, 4.69) is 69.0 Å². The average Bonchev–Trinajstić information content (AvgIpc) is 2.88. The molecule has 0 aliphatic carbocycles. The molecule has 2 unspecified atom stereocenters. The standard InChI is InChI=1S/C18H29NOS/c1-5-12-19-17(18(4)11-6-13-21-18)15-7-9-16(10-8-15)20-14(2)3/h7-10,14,17,19H,5-6,11-13H2,1-4H3. The lowest BCUT2D eigenvalue weighted by molar-refractivity contribution is 0.242. The van der Waals surface area contributed by atoms with Gasteiger partial charge in [0, 0.05) is 10.8 Å². The summed E-state index contributed by atoms with van der Waals surface area (Å²) in [4.78, 5) is 0. The smallest absolute Gasteiger partial charge is 0.119 e. The van der Waals surface area contributed by atoms with E-state index in [-0.39, 0.29) is 6.10 Å². The molecular formula is C18H29NOS. The lowest BCUT2D eigenvalue weighted by Gasteiger charge is -2.34. The monoisotopic (exact) mass is 307 g/mol. The van der Waals surface area contributed by atoms with Crippen LogP contribution in [0, 0.1) is 0 Å². The molecule has 2 atom stereocenters. The van der Waals surface area contributed by atoms with Gasteiger partial charge in [-0.1, -0.05) is 19.1 Å². The van der Waals surface area contributed by atoms with Gasteiger partial charge in [0.05, 0.1) is 6.10 Å². The highest BCUT2D eigenvalue weighted by Crippen LogP contribution is 2.46. The highest BCUT2D eigenvalue weighted by atomic mass is 32.2. The maximum atomic E-state index is 5.76. The van der Waals surface area contributed by atoms with Crippen LogP contribution >= 0.6 is 11.8 Å². The summed E-state index contributed by atoms with van der Waals surface area (Å²) < 4.78 is 6.07. The van der Waals surface area contributed by atoms with E-state index >= 15 is 0 Å². The van der Waals surface area contributed by atoms with Gasteiger partial charge in [0.1, 0.15) is 5.75 Å². The maximum absolute atomic E-state index is 5.76. The number of rotatable bonds is 7. The molecule has 1 aliphatic heterocycles. The van der Waals surface area contributed by atoms with Gasteiger partial charge in [-0.3, -0.25) is 0 Å². The van der Waals surface area contributed by atoms with Crippen LogP contribution in [0.5, 0.6) is 5.75 Å². The van der Waals surface area contributed by atoms with E-state index in [1.807, 2.05) is 0 Å². The van der Waals surface area contributed by atoms with Gasteiger partial charge in [-0.25, -0.2) is 0 Å². The number of benzene rings is 1. The van der Waals surface area contributed by atoms with Gasteiger partial charge < -0.3 is 10.1 Å². The zero-order valence-electron chi connectivity index (χ0n) is 13.8. The third-order valence-corrected chi connectivity index (χ3v) is 5.64. The molecule has 0 radical (unpaired) electrons. The molecule has 0 bridgehead atoms. The zero-order valence-corrected chi connectivity index (χ0v) is 14.6. The van der Waals surface area contributed by atoms with E-state index in [9.17, 15) is 0 Å². The Morgan fingerprint density at radius 3 is 2.52 bits per heavy atom. The second-order valence-electron chi connectivity index (χ2n) is 6.39. The van der Waals surface area contributed by atoms with Gasteiger partial charge in [-0.15, -0.1) is 0 Å².